The van der Waals surface area contributed by atoms with Gasteiger partial charge in [-0.2, -0.15) is 11.8 Å². The molecule has 0 spiro atoms. The van der Waals surface area contributed by atoms with Crippen molar-refractivity contribution < 1.29 is 8.81 Å². The fourth-order valence-electron chi connectivity index (χ4n) is 1.33. The Hall–Kier alpha value is -0.960. The summed E-state index contributed by atoms with van der Waals surface area (Å²) in [6.45, 7) is 2.10. The summed E-state index contributed by atoms with van der Waals surface area (Å²) in [4.78, 5) is 0. The lowest BCUT2D eigenvalue weighted by atomic mass is 10.2. The molecule has 1 aromatic heterocycles. The summed E-state index contributed by atoms with van der Waals surface area (Å²) in [6, 6.07) is 6.59. The zero-order valence-corrected chi connectivity index (χ0v) is 8.73. The Morgan fingerprint density at radius 2 is 2.21 bits per heavy atom. The molecule has 0 bridgehead atoms. The lowest BCUT2D eigenvalue weighted by Gasteiger charge is -1.91. The zero-order valence-electron chi connectivity index (χ0n) is 7.92. The smallest absolute Gasteiger partial charge is 0.137 e. The molecule has 74 valence electrons. The largest absolute Gasteiger partial charge is 0.460 e. The highest BCUT2D eigenvalue weighted by atomic mass is 32.2. The van der Waals surface area contributed by atoms with E-state index in [9.17, 15) is 4.39 Å². The maximum absolute atomic E-state index is 12.8. The molecule has 0 aliphatic carbocycles. The van der Waals surface area contributed by atoms with Crippen molar-refractivity contribution in [3.05, 3.63) is 35.8 Å². The second kappa shape index (κ2) is 4.05. The molecule has 0 saturated carbocycles. The van der Waals surface area contributed by atoms with Crippen LogP contribution in [-0.4, -0.2) is 5.75 Å². The van der Waals surface area contributed by atoms with Crippen molar-refractivity contribution in [3.63, 3.8) is 0 Å². The molecule has 0 fully saturated rings. The van der Waals surface area contributed by atoms with Crippen LogP contribution in [0.5, 0.6) is 0 Å². The van der Waals surface area contributed by atoms with Crippen molar-refractivity contribution >= 4 is 22.7 Å². The van der Waals surface area contributed by atoms with Crippen LogP contribution in [-0.2, 0) is 5.75 Å². The summed E-state index contributed by atoms with van der Waals surface area (Å²) in [5.74, 6) is 2.58. The molecule has 0 atom stereocenters. The van der Waals surface area contributed by atoms with Crippen molar-refractivity contribution in [2.45, 2.75) is 12.7 Å². The predicted molar refractivity (Wildman–Crippen MR) is 58.0 cm³/mol. The minimum Gasteiger partial charge on any atom is -0.460 e. The van der Waals surface area contributed by atoms with E-state index in [2.05, 4.69) is 6.92 Å². The van der Waals surface area contributed by atoms with Gasteiger partial charge in [-0.05, 0) is 24.0 Å². The fraction of sp³-hybridized carbons (Fsp3) is 0.273. The van der Waals surface area contributed by atoms with Gasteiger partial charge in [0.1, 0.15) is 17.2 Å². The highest BCUT2D eigenvalue weighted by Gasteiger charge is 2.03. The SMILES string of the molecule is CCSCc1cc2ccc(F)cc2o1. The average Bonchev–Trinajstić information content (AvgIpc) is 2.56. The topological polar surface area (TPSA) is 13.1 Å². The Morgan fingerprint density at radius 1 is 1.36 bits per heavy atom. The number of fused-ring (bicyclic) bond motifs is 1. The van der Waals surface area contributed by atoms with Crippen LogP contribution in [0.4, 0.5) is 4.39 Å². The molecule has 0 saturated heterocycles. The van der Waals surface area contributed by atoms with Gasteiger partial charge in [0.05, 0.1) is 5.75 Å². The standard InChI is InChI=1S/C11H11FOS/c1-2-14-7-10-5-8-3-4-9(12)6-11(8)13-10/h3-6H,2,7H2,1H3. The van der Waals surface area contributed by atoms with Gasteiger partial charge >= 0.3 is 0 Å². The van der Waals surface area contributed by atoms with Crippen molar-refractivity contribution in [3.8, 4) is 0 Å². The highest BCUT2D eigenvalue weighted by molar-refractivity contribution is 7.98. The van der Waals surface area contributed by atoms with E-state index >= 15 is 0 Å². The normalized spacial score (nSPS) is 11.0. The summed E-state index contributed by atoms with van der Waals surface area (Å²) in [7, 11) is 0. The monoisotopic (exact) mass is 210 g/mol. The number of hydrogen-bond acceptors (Lipinski definition) is 2. The first-order chi connectivity index (χ1) is 6.79. The van der Waals surface area contributed by atoms with E-state index in [1.807, 2.05) is 6.07 Å². The third-order valence-corrected chi connectivity index (χ3v) is 2.88. The summed E-state index contributed by atoms with van der Waals surface area (Å²) in [6.07, 6.45) is 0. The van der Waals surface area contributed by atoms with Gasteiger partial charge in [-0.3, -0.25) is 0 Å². The van der Waals surface area contributed by atoms with Crippen LogP contribution in [0, 0.1) is 5.82 Å². The van der Waals surface area contributed by atoms with E-state index in [-0.39, 0.29) is 5.82 Å². The molecule has 0 aliphatic rings. The minimum absolute atomic E-state index is 0.249. The van der Waals surface area contributed by atoms with E-state index in [1.54, 1.807) is 17.8 Å². The van der Waals surface area contributed by atoms with Crippen LogP contribution >= 0.6 is 11.8 Å². The number of thioether (sulfide) groups is 1. The summed E-state index contributed by atoms with van der Waals surface area (Å²) >= 11 is 1.79. The number of furan rings is 1. The van der Waals surface area contributed by atoms with E-state index in [4.69, 9.17) is 4.42 Å². The van der Waals surface area contributed by atoms with Crippen LogP contribution in [0.3, 0.4) is 0 Å². The van der Waals surface area contributed by atoms with Gasteiger partial charge < -0.3 is 4.42 Å². The molecular weight excluding hydrogens is 199 g/mol. The van der Waals surface area contributed by atoms with Crippen molar-refractivity contribution in [2.24, 2.45) is 0 Å². The highest BCUT2D eigenvalue weighted by Crippen LogP contribution is 2.23. The molecule has 2 aromatic rings. The second-order valence-electron chi connectivity index (χ2n) is 3.03. The second-order valence-corrected chi connectivity index (χ2v) is 4.31. The summed E-state index contributed by atoms with van der Waals surface area (Å²) in [5, 5.41) is 0.970. The maximum atomic E-state index is 12.8. The van der Waals surface area contributed by atoms with Gasteiger partial charge in [0.15, 0.2) is 0 Å². The molecule has 14 heavy (non-hydrogen) atoms. The third-order valence-electron chi connectivity index (χ3n) is 1.98. The van der Waals surface area contributed by atoms with Gasteiger partial charge in [-0.15, -0.1) is 0 Å². The van der Waals surface area contributed by atoms with E-state index in [0.717, 1.165) is 22.7 Å². The number of benzene rings is 1. The molecule has 0 radical (unpaired) electrons. The van der Waals surface area contributed by atoms with E-state index in [0.29, 0.717) is 5.58 Å². The zero-order chi connectivity index (χ0) is 9.97. The molecule has 0 unspecified atom stereocenters. The number of halogens is 1. The average molecular weight is 210 g/mol. The van der Waals surface area contributed by atoms with Crippen molar-refractivity contribution in [1.29, 1.82) is 0 Å². The van der Waals surface area contributed by atoms with Gasteiger partial charge in [0, 0.05) is 11.5 Å². The Bertz CT molecular complexity index is 436. The lowest BCUT2D eigenvalue weighted by Crippen LogP contribution is -1.73. The lowest BCUT2D eigenvalue weighted by molar-refractivity contribution is 0.567. The van der Waals surface area contributed by atoms with E-state index < -0.39 is 0 Å². The number of hydrogen-bond donors (Lipinski definition) is 0. The Labute approximate surface area is 86.3 Å². The van der Waals surface area contributed by atoms with Crippen LogP contribution in [0.15, 0.2) is 28.7 Å². The molecule has 0 aliphatic heterocycles. The number of rotatable bonds is 3. The van der Waals surface area contributed by atoms with Crippen LogP contribution in [0.2, 0.25) is 0 Å². The molecule has 0 amide bonds. The van der Waals surface area contributed by atoms with E-state index in [1.165, 1.54) is 12.1 Å². The Kier molecular flexibility index (Phi) is 2.77. The molecule has 0 N–H and O–H groups in total. The quantitative estimate of drug-likeness (QED) is 0.763. The first kappa shape index (κ1) is 9.59. The maximum Gasteiger partial charge on any atom is 0.137 e. The molecule has 1 heterocycles. The fourth-order valence-corrected chi connectivity index (χ4v) is 1.88. The van der Waals surface area contributed by atoms with Crippen LogP contribution in [0.1, 0.15) is 12.7 Å². The molecule has 3 heteroatoms. The molecule has 2 rings (SSSR count). The molecular formula is C11H11FOS. The molecule has 1 aromatic carbocycles. The predicted octanol–water partition coefficient (Wildman–Crippen LogP) is 3.83. The van der Waals surface area contributed by atoms with Gasteiger partial charge in [-0.25, -0.2) is 4.39 Å². The summed E-state index contributed by atoms with van der Waals surface area (Å²) < 4.78 is 18.3. The van der Waals surface area contributed by atoms with Gasteiger partial charge in [0.2, 0.25) is 0 Å². The van der Waals surface area contributed by atoms with Crippen molar-refractivity contribution in [1.82, 2.24) is 0 Å². The first-order valence-corrected chi connectivity index (χ1v) is 5.71. The van der Waals surface area contributed by atoms with Crippen LogP contribution in [0.25, 0.3) is 11.0 Å². The molecule has 1 nitrogen and oxygen atoms in total. The minimum atomic E-state index is -0.249. The van der Waals surface area contributed by atoms with Crippen LogP contribution < -0.4 is 0 Å². The third kappa shape index (κ3) is 1.93. The van der Waals surface area contributed by atoms with Gasteiger partial charge in [0.25, 0.3) is 0 Å². The first-order valence-electron chi connectivity index (χ1n) is 4.55. The van der Waals surface area contributed by atoms with Crippen molar-refractivity contribution in [2.75, 3.05) is 5.75 Å². The Morgan fingerprint density at radius 3 is 3.00 bits per heavy atom. The Balaban J connectivity index is 2.32. The summed E-state index contributed by atoms with van der Waals surface area (Å²) in [5.41, 5.74) is 0.636. The van der Waals surface area contributed by atoms with Gasteiger partial charge in [-0.1, -0.05) is 6.92 Å².